The summed E-state index contributed by atoms with van der Waals surface area (Å²) < 4.78 is 11.4. The molecule has 2 bridgehead atoms. The van der Waals surface area contributed by atoms with Crippen molar-refractivity contribution in [3.63, 3.8) is 0 Å². The van der Waals surface area contributed by atoms with E-state index in [-0.39, 0.29) is 18.2 Å². The van der Waals surface area contributed by atoms with Crippen molar-refractivity contribution in [3.05, 3.63) is 77.4 Å². The van der Waals surface area contributed by atoms with Gasteiger partial charge in [-0.05, 0) is 28.8 Å². The minimum Gasteiger partial charge on any atom is -0.423 e. The first-order valence-corrected chi connectivity index (χ1v) is 7.55. The Kier molecular flexibility index (Phi) is 2.38. The highest BCUT2D eigenvalue weighted by Gasteiger charge is 2.65. The van der Waals surface area contributed by atoms with E-state index in [2.05, 4.69) is 12.1 Å². The summed E-state index contributed by atoms with van der Waals surface area (Å²) in [7, 11) is 0. The molecule has 0 amide bonds. The largest absolute Gasteiger partial charge is 0.423 e. The van der Waals surface area contributed by atoms with Crippen molar-refractivity contribution in [3.8, 4) is 5.75 Å². The van der Waals surface area contributed by atoms with Crippen molar-refractivity contribution >= 4 is 5.97 Å². The highest BCUT2D eigenvalue weighted by atomic mass is 16.5. The van der Waals surface area contributed by atoms with E-state index in [1.807, 2.05) is 30.3 Å². The lowest BCUT2D eigenvalue weighted by atomic mass is 9.92. The second kappa shape index (κ2) is 4.31. The molecule has 0 spiro atoms. The third-order valence-electron chi connectivity index (χ3n) is 4.85. The molecule has 1 aliphatic carbocycles. The van der Waals surface area contributed by atoms with Crippen LogP contribution in [-0.4, -0.2) is 5.97 Å². The first-order chi connectivity index (χ1) is 10.8. The van der Waals surface area contributed by atoms with Crippen molar-refractivity contribution in [2.24, 2.45) is 11.8 Å². The lowest BCUT2D eigenvalue weighted by Crippen LogP contribution is -2.04. The molecule has 2 heterocycles. The first-order valence-electron chi connectivity index (χ1n) is 7.55. The van der Waals surface area contributed by atoms with E-state index in [9.17, 15) is 4.79 Å². The molecule has 2 aliphatic heterocycles. The van der Waals surface area contributed by atoms with Gasteiger partial charge in [0.05, 0.1) is 12.2 Å². The van der Waals surface area contributed by atoms with Gasteiger partial charge in [0, 0.05) is 17.9 Å². The molecule has 0 radical (unpaired) electrons. The number of carbonyl (C=O) groups is 1. The number of fused-ring (bicyclic) bond motifs is 8. The van der Waals surface area contributed by atoms with Crippen LogP contribution >= 0.6 is 0 Å². The zero-order valence-corrected chi connectivity index (χ0v) is 11.8. The topological polar surface area (TPSA) is 35.5 Å². The molecule has 4 atom stereocenters. The quantitative estimate of drug-likeness (QED) is 0.482. The monoisotopic (exact) mass is 290 g/mol. The van der Waals surface area contributed by atoms with Gasteiger partial charge in [-0.3, -0.25) is 0 Å². The summed E-state index contributed by atoms with van der Waals surface area (Å²) in [6, 6.07) is 17.5. The molecule has 2 fully saturated rings. The Balaban J connectivity index is 1.37. The Hall–Kier alpha value is -2.39. The molecule has 4 unspecified atom stereocenters. The van der Waals surface area contributed by atoms with Gasteiger partial charge >= 0.3 is 5.97 Å². The molecule has 1 saturated carbocycles. The Labute approximate surface area is 128 Å². The van der Waals surface area contributed by atoms with Crippen molar-refractivity contribution in [1.82, 2.24) is 0 Å². The predicted octanol–water partition coefficient (Wildman–Crippen LogP) is 3.59. The van der Waals surface area contributed by atoms with E-state index in [0.29, 0.717) is 17.6 Å². The van der Waals surface area contributed by atoms with Crippen LogP contribution in [0.25, 0.3) is 0 Å². The fraction of sp³-hybridized carbons (Fsp3) is 0.211. The zero-order chi connectivity index (χ0) is 14.7. The number of rotatable bonds is 2. The number of esters is 1. The van der Waals surface area contributed by atoms with Crippen LogP contribution in [0.15, 0.2) is 66.2 Å². The molecule has 0 N–H and O–H groups in total. The Morgan fingerprint density at radius 1 is 0.909 bits per heavy atom. The number of carbonyl (C=O) groups excluding carboxylic acids is 1. The summed E-state index contributed by atoms with van der Waals surface area (Å²) >= 11 is 0. The van der Waals surface area contributed by atoms with E-state index in [4.69, 9.17) is 9.47 Å². The average molecular weight is 290 g/mol. The molecule has 0 aromatic heterocycles. The third kappa shape index (κ3) is 1.63. The van der Waals surface area contributed by atoms with Gasteiger partial charge in [0.2, 0.25) is 0 Å². The van der Waals surface area contributed by atoms with Gasteiger partial charge in [0.15, 0.2) is 0 Å². The van der Waals surface area contributed by atoms with Crippen LogP contribution in [0.5, 0.6) is 5.75 Å². The maximum atomic E-state index is 12.1. The lowest BCUT2D eigenvalue weighted by molar-refractivity contribution is -0.129. The van der Waals surface area contributed by atoms with Gasteiger partial charge in [-0.15, -0.1) is 0 Å². The second-order valence-electron chi connectivity index (χ2n) is 6.04. The summed E-state index contributed by atoms with van der Waals surface area (Å²) in [6.07, 6.45) is 1.92. The highest BCUT2D eigenvalue weighted by molar-refractivity contribution is 5.86. The van der Waals surface area contributed by atoms with Gasteiger partial charge in [0.1, 0.15) is 5.75 Å². The lowest BCUT2D eigenvalue weighted by Gasteiger charge is -2.08. The maximum absolute atomic E-state index is 12.1. The minimum atomic E-state index is -0.293. The maximum Gasteiger partial charge on any atom is 0.336 e. The molecular formula is C19H14O3. The molecule has 5 rings (SSSR count). The highest BCUT2D eigenvalue weighted by Crippen LogP contribution is 2.72. The Morgan fingerprint density at radius 3 is 2.14 bits per heavy atom. The van der Waals surface area contributed by atoms with Gasteiger partial charge in [-0.25, -0.2) is 4.79 Å². The van der Waals surface area contributed by atoms with Crippen molar-refractivity contribution < 1.29 is 14.3 Å². The number of hydrogen-bond acceptors (Lipinski definition) is 3. The van der Waals surface area contributed by atoms with Crippen LogP contribution in [0.2, 0.25) is 0 Å². The van der Waals surface area contributed by atoms with E-state index < -0.39 is 0 Å². The van der Waals surface area contributed by atoms with Crippen LogP contribution in [0.4, 0.5) is 0 Å². The van der Waals surface area contributed by atoms with Crippen molar-refractivity contribution in [1.29, 1.82) is 0 Å². The summed E-state index contributed by atoms with van der Waals surface area (Å²) in [4.78, 5) is 12.1. The van der Waals surface area contributed by atoms with Gasteiger partial charge in [0.25, 0.3) is 0 Å². The molecule has 22 heavy (non-hydrogen) atoms. The molecular weight excluding hydrogens is 276 g/mol. The van der Waals surface area contributed by atoms with Crippen LogP contribution in [0, 0.1) is 11.8 Å². The van der Waals surface area contributed by atoms with E-state index in [1.165, 1.54) is 16.7 Å². The molecule has 108 valence electrons. The first kappa shape index (κ1) is 12.2. The van der Waals surface area contributed by atoms with Gasteiger partial charge < -0.3 is 9.47 Å². The standard InChI is InChI=1S/C19H14O3/c20-15(21-11-6-2-1-3-7-11)10-14-16-17(14)19-13-9-5-4-8-12(13)18(16)22-19/h1-10,16-19H. The van der Waals surface area contributed by atoms with Crippen molar-refractivity contribution in [2.75, 3.05) is 0 Å². The third-order valence-corrected chi connectivity index (χ3v) is 4.85. The second-order valence-corrected chi connectivity index (χ2v) is 6.04. The molecule has 3 aliphatic rings. The molecule has 3 heteroatoms. The minimum absolute atomic E-state index is 0.127. The molecule has 2 aromatic rings. The Morgan fingerprint density at radius 2 is 1.50 bits per heavy atom. The SMILES string of the molecule is O=C(C=C1C2C3OC(c4ccccc43)C12)Oc1ccccc1. The Bertz CT molecular complexity index is 756. The van der Waals surface area contributed by atoms with Gasteiger partial charge in [-0.2, -0.15) is 0 Å². The molecule has 1 saturated heterocycles. The van der Waals surface area contributed by atoms with E-state index >= 15 is 0 Å². The summed E-state index contributed by atoms with van der Waals surface area (Å²) in [5.41, 5.74) is 3.75. The van der Waals surface area contributed by atoms with Crippen LogP contribution in [0.1, 0.15) is 23.3 Å². The summed E-state index contributed by atoms with van der Waals surface area (Å²) in [5, 5.41) is 0. The number of benzene rings is 2. The molecule has 3 nitrogen and oxygen atoms in total. The predicted molar refractivity (Wildman–Crippen MR) is 80.1 cm³/mol. The van der Waals surface area contributed by atoms with Crippen LogP contribution in [0.3, 0.4) is 0 Å². The van der Waals surface area contributed by atoms with Gasteiger partial charge in [-0.1, -0.05) is 42.5 Å². The normalized spacial score (nSPS) is 29.7. The fourth-order valence-electron chi connectivity index (χ4n) is 3.90. The zero-order valence-electron chi connectivity index (χ0n) is 11.8. The van der Waals surface area contributed by atoms with E-state index in [1.54, 1.807) is 18.2 Å². The number of para-hydroxylation sites is 1. The fourth-order valence-corrected chi connectivity index (χ4v) is 3.90. The number of hydrogen-bond donors (Lipinski definition) is 0. The van der Waals surface area contributed by atoms with Crippen molar-refractivity contribution in [2.45, 2.75) is 12.2 Å². The average Bonchev–Trinajstić information content (AvgIpc) is 2.95. The van der Waals surface area contributed by atoms with Crippen LogP contribution in [-0.2, 0) is 9.53 Å². The smallest absolute Gasteiger partial charge is 0.336 e. The summed E-state index contributed by atoms with van der Waals surface area (Å²) in [6.45, 7) is 0. The number of ether oxygens (including phenoxy) is 2. The summed E-state index contributed by atoms with van der Waals surface area (Å²) in [5.74, 6) is 1.02. The van der Waals surface area contributed by atoms with E-state index in [0.717, 1.165) is 0 Å². The molecule has 2 aromatic carbocycles. The van der Waals surface area contributed by atoms with Crippen LogP contribution < -0.4 is 4.74 Å².